The molecule has 2 aromatic rings. The predicted molar refractivity (Wildman–Crippen MR) is 87.7 cm³/mol. The van der Waals surface area contributed by atoms with Crippen LogP contribution in [-0.4, -0.2) is 21.4 Å². The van der Waals surface area contributed by atoms with Crippen LogP contribution in [0, 0.1) is 10.1 Å². The van der Waals surface area contributed by atoms with Crippen molar-refractivity contribution < 1.29 is 4.92 Å². The second-order valence-corrected chi connectivity index (χ2v) is 5.97. The minimum Gasteiger partial charge on any atom is -0.364 e. The molecule has 6 nitrogen and oxygen atoms in total. The number of hydrogen-bond donors (Lipinski definition) is 1. The minimum atomic E-state index is -0.452. The van der Waals surface area contributed by atoms with Gasteiger partial charge in [0.05, 0.1) is 4.92 Å². The first-order valence-electron chi connectivity index (χ1n) is 6.78. The lowest BCUT2D eigenvalue weighted by molar-refractivity contribution is -0.387. The Hall–Kier alpha value is -1.86. The van der Waals surface area contributed by atoms with Crippen LogP contribution >= 0.6 is 23.4 Å². The molecule has 1 heterocycles. The summed E-state index contributed by atoms with van der Waals surface area (Å²) in [6, 6.07) is 7.06. The molecule has 0 saturated carbocycles. The summed E-state index contributed by atoms with van der Waals surface area (Å²) in [4.78, 5) is 19.8. The first-order valence-corrected chi connectivity index (χ1v) is 7.98. The van der Waals surface area contributed by atoms with Crippen molar-refractivity contribution in [3.05, 3.63) is 45.7 Å². The van der Waals surface area contributed by atoms with E-state index in [1.807, 2.05) is 0 Å². The maximum Gasteiger partial charge on any atom is 0.343 e. The summed E-state index contributed by atoms with van der Waals surface area (Å²) in [5.41, 5.74) is -0.0986. The number of aromatic nitrogens is 2. The van der Waals surface area contributed by atoms with E-state index in [0.717, 1.165) is 17.7 Å². The maximum atomic E-state index is 11.4. The van der Waals surface area contributed by atoms with E-state index >= 15 is 0 Å². The van der Waals surface area contributed by atoms with Gasteiger partial charge in [-0.3, -0.25) is 10.1 Å². The van der Waals surface area contributed by atoms with Crippen molar-refractivity contribution in [3.8, 4) is 0 Å². The number of unbranched alkanes of at least 4 members (excludes halogenated alkanes) is 1. The van der Waals surface area contributed by atoms with Crippen LogP contribution in [-0.2, 0) is 0 Å². The van der Waals surface area contributed by atoms with Crippen molar-refractivity contribution in [1.29, 1.82) is 0 Å². The Kier molecular flexibility index (Phi) is 5.97. The summed E-state index contributed by atoms with van der Waals surface area (Å²) in [6.07, 6.45) is 3.25. The first-order chi connectivity index (χ1) is 10.6. The van der Waals surface area contributed by atoms with Gasteiger partial charge in [0, 0.05) is 16.5 Å². The average Bonchev–Trinajstić information content (AvgIpc) is 2.50. The second kappa shape index (κ2) is 7.95. The molecule has 8 heteroatoms. The number of hydrogen-bond acceptors (Lipinski definition) is 6. The Morgan fingerprint density at radius 1 is 1.32 bits per heavy atom. The second-order valence-electron chi connectivity index (χ2n) is 4.47. The zero-order valence-electron chi connectivity index (χ0n) is 12.0. The number of halogens is 1. The first kappa shape index (κ1) is 16.5. The third-order valence-electron chi connectivity index (χ3n) is 2.82. The van der Waals surface area contributed by atoms with Gasteiger partial charge in [0.15, 0.2) is 5.03 Å². The van der Waals surface area contributed by atoms with Crippen LogP contribution in [0.25, 0.3) is 0 Å². The fraction of sp³-hybridized carbons (Fsp3) is 0.286. The lowest BCUT2D eigenvalue weighted by Gasteiger charge is -2.08. The van der Waals surface area contributed by atoms with Crippen LogP contribution in [0.5, 0.6) is 0 Å². The molecule has 2 rings (SSSR count). The fourth-order valence-electron chi connectivity index (χ4n) is 1.73. The number of nitro groups is 1. The molecule has 0 aliphatic rings. The van der Waals surface area contributed by atoms with Crippen LogP contribution < -0.4 is 5.32 Å². The van der Waals surface area contributed by atoms with Gasteiger partial charge < -0.3 is 5.32 Å². The summed E-state index contributed by atoms with van der Waals surface area (Å²) in [5, 5.41) is 15.3. The van der Waals surface area contributed by atoms with E-state index in [-0.39, 0.29) is 11.5 Å². The molecule has 0 amide bonds. The van der Waals surface area contributed by atoms with E-state index < -0.39 is 4.92 Å². The van der Waals surface area contributed by atoms with Gasteiger partial charge in [0.25, 0.3) is 0 Å². The van der Waals surface area contributed by atoms with Crippen molar-refractivity contribution in [3.63, 3.8) is 0 Å². The monoisotopic (exact) mass is 338 g/mol. The zero-order chi connectivity index (χ0) is 15.9. The maximum absolute atomic E-state index is 11.4. The van der Waals surface area contributed by atoms with Gasteiger partial charge in [-0.15, -0.1) is 0 Å². The van der Waals surface area contributed by atoms with Gasteiger partial charge in [-0.1, -0.05) is 36.7 Å². The van der Waals surface area contributed by atoms with Crippen molar-refractivity contribution in [1.82, 2.24) is 9.97 Å². The van der Waals surface area contributed by atoms with Crippen molar-refractivity contribution in [2.45, 2.75) is 29.7 Å². The van der Waals surface area contributed by atoms with Crippen LogP contribution in [0.2, 0.25) is 5.02 Å². The largest absolute Gasteiger partial charge is 0.364 e. The number of anilines is 1. The molecular formula is C14H15ClN4O2S. The summed E-state index contributed by atoms with van der Waals surface area (Å²) < 4.78 is 0. The van der Waals surface area contributed by atoms with E-state index in [0.29, 0.717) is 16.6 Å². The molecule has 0 aliphatic heterocycles. The minimum absolute atomic E-state index is 0.0986. The molecule has 0 unspecified atom stereocenters. The Balaban J connectivity index is 2.27. The Morgan fingerprint density at radius 2 is 2.05 bits per heavy atom. The fourth-order valence-corrected chi connectivity index (χ4v) is 2.72. The van der Waals surface area contributed by atoms with Crippen LogP contribution in [0.4, 0.5) is 11.5 Å². The Morgan fingerprint density at radius 3 is 2.68 bits per heavy atom. The highest BCUT2D eigenvalue weighted by atomic mass is 35.5. The average molecular weight is 339 g/mol. The third-order valence-corrected chi connectivity index (χ3v) is 4.07. The van der Waals surface area contributed by atoms with E-state index in [1.54, 1.807) is 24.3 Å². The Bertz CT molecular complexity index is 652. The van der Waals surface area contributed by atoms with Gasteiger partial charge in [0.2, 0.25) is 5.82 Å². The molecule has 0 saturated heterocycles. The predicted octanol–water partition coefficient (Wildman–Crippen LogP) is 4.40. The highest BCUT2D eigenvalue weighted by Gasteiger charge is 2.23. The summed E-state index contributed by atoms with van der Waals surface area (Å²) >= 11 is 7.05. The molecule has 22 heavy (non-hydrogen) atoms. The van der Waals surface area contributed by atoms with Gasteiger partial charge >= 0.3 is 5.69 Å². The van der Waals surface area contributed by atoms with E-state index in [9.17, 15) is 10.1 Å². The molecule has 0 aliphatic carbocycles. The lowest BCUT2D eigenvalue weighted by atomic mass is 10.3. The highest BCUT2D eigenvalue weighted by molar-refractivity contribution is 7.99. The van der Waals surface area contributed by atoms with Crippen LogP contribution in [0.15, 0.2) is 40.5 Å². The molecule has 0 fully saturated rings. The molecule has 0 atom stereocenters. The van der Waals surface area contributed by atoms with Gasteiger partial charge in [0.1, 0.15) is 6.33 Å². The van der Waals surface area contributed by atoms with E-state index in [4.69, 9.17) is 11.6 Å². The number of nitrogens with one attached hydrogen (secondary N) is 1. The number of rotatable bonds is 7. The van der Waals surface area contributed by atoms with E-state index in [1.165, 1.54) is 18.1 Å². The molecular weight excluding hydrogens is 324 g/mol. The molecule has 0 radical (unpaired) electrons. The van der Waals surface area contributed by atoms with Gasteiger partial charge in [-0.2, -0.15) is 0 Å². The molecule has 0 bridgehead atoms. The molecule has 1 N–H and O–H groups in total. The zero-order valence-corrected chi connectivity index (χ0v) is 13.5. The smallest absolute Gasteiger partial charge is 0.343 e. The van der Waals surface area contributed by atoms with Gasteiger partial charge in [-0.25, -0.2) is 9.97 Å². The lowest BCUT2D eigenvalue weighted by Crippen LogP contribution is -2.07. The van der Waals surface area contributed by atoms with Gasteiger partial charge in [-0.05, 0) is 30.7 Å². The van der Waals surface area contributed by atoms with E-state index in [2.05, 4.69) is 22.2 Å². The quantitative estimate of drug-likeness (QED) is 0.349. The third kappa shape index (κ3) is 4.32. The summed E-state index contributed by atoms with van der Waals surface area (Å²) in [6.45, 7) is 2.69. The highest BCUT2D eigenvalue weighted by Crippen LogP contribution is 2.36. The summed E-state index contributed by atoms with van der Waals surface area (Å²) in [5.74, 6) is 0.255. The molecule has 116 valence electrons. The number of benzene rings is 1. The number of nitrogens with zero attached hydrogens (tertiary/aromatic N) is 3. The van der Waals surface area contributed by atoms with Crippen molar-refractivity contribution >= 4 is 34.9 Å². The van der Waals surface area contributed by atoms with Crippen LogP contribution in [0.1, 0.15) is 19.8 Å². The van der Waals surface area contributed by atoms with Crippen molar-refractivity contribution in [2.24, 2.45) is 0 Å². The Labute approximate surface area is 137 Å². The summed E-state index contributed by atoms with van der Waals surface area (Å²) in [7, 11) is 0. The normalized spacial score (nSPS) is 10.5. The molecule has 0 spiro atoms. The topological polar surface area (TPSA) is 81.0 Å². The molecule has 1 aromatic heterocycles. The van der Waals surface area contributed by atoms with Crippen molar-refractivity contribution in [2.75, 3.05) is 11.9 Å². The van der Waals surface area contributed by atoms with Crippen LogP contribution in [0.3, 0.4) is 0 Å². The standard InChI is InChI=1S/C14H15ClN4O2S/c1-2-3-8-16-13-12(19(20)21)14(18-9-17-13)22-11-6-4-10(15)5-7-11/h4-7,9H,2-3,8H2,1H3,(H,16,17,18). The SMILES string of the molecule is CCCCNc1ncnc(Sc2ccc(Cl)cc2)c1[N+](=O)[O-]. The molecule has 1 aromatic carbocycles.